The predicted octanol–water partition coefficient (Wildman–Crippen LogP) is -0.515. The van der Waals surface area contributed by atoms with Crippen LogP contribution in [0, 0.1) is 0 Å². The molecule has 1 fully saturated rings. The van der Waals surface area contributed by atoms with E-state index in [2.05, 4.69) is 20.2 Å². The lowest BCUT2D eigenvalue weighted by Gasteiger charge is -2.35. The molecule has 0 spiro atoms. The quantitative estimate of drug-likeness (QED) is 0.787. The third-order valence-corrected chi connectivity index (χ3v) is 3.74. The summed E-state index contributed by atoms with van der Waals surface area (Å²) >= 11 is 0. The fraction of sp³-hybridized carbons (Fsp3) is 0.667. The minimum Gasteiger partial charge on any atom is -0.346 e. The number of quaternary nitrogens is 1. The van der Waals surface area contributed by atoms with E-state index in [4.69, 9.17) is 0 Å². The van der Waals surface area contributed by atoms with Crippen LogP contribution in [0.1, 0.15) is 27.7 Å². The van der Waals surface area contributed by atoms with Gasteiger partial charge < -0.3 is 15.1 Å². The first kappa shape index (κ1) is 15.7. The number of carbonyl (C=O) groups excluding carboxylic acids is 1. The fourth-order valence-corrected chi connectivity index (χ4v) is 2.54. The van der Waals surface area contributed by atoms with Gasteiger partial charge in [0.25, 0.3) is 5.91 Å². The zero-order chi connectivity index (χ0) is 15.5. The van der Waals surface area contributed by atoms with Crippen molar-refractivity contribution < 1.29 is 9.69 Å². The minimum absolute atomic E-state index is 0.0249. The molecule has 0 radical (unpaired) electrons. The van der Waals surface area contributed by atoms with Crippen molar-refractivity contribution in [1.82, 2.24) is 15.3 Å². The summed E-state index contributed by atoms with van der Waals surface area (Å²) in [6.07, 6.45) is 3.53. The molecule has 6 heteroatoms. The monoisotopic (exact) mass is 292 g/mol. The molecule has 2 rings (SSSR count). The van der Waals surface area contributed by atoms with Crippen molar-refractivity contribution in [2.45, 2.75) is 39.3 Å². The van der Waals surface area contributed by atoms with Gasteiger partial charge in [-0.1, -0.05) is 0 Å². The third kappa shape index (κ3) is 4.39. The summed E-state index contributed by atoms with van der Waals surface area (Å²) in [6, 6.07) is 1.80. The lowest BCUT2D eigenvalue weighted by atomic mass is 10.1. The molecule has 2 heterocycles. The van der Waals surface area contributed by atoms with Gasteiger partial charge in [0.2, 0.25) is 5.95 Å². The highest BCUT2D eigenvalue weighted by Crippen LogP contribution is 2.04. The van der Waals surface area contributed by atoms with Crippen LogP contribution in [0.4, 0.5) is 5.95 Å². The van der Waals surface area contributed by atoms with Gasteiger partial charge in [-0.25, -0.2) is 9.97 Å². The van der Waals surface area contributed by atoms with Crippen LogP contribution < -0.4 is 15.1 Å². The summed E-state index contributed by atoms with van der Waals surface area (Å²) < 4.78 is 0. The van der Waals surface area contributed by atoms with E-state index < -0.39 is 0 Å². The van der Waals surface area contributed by atoms with Gasteiger partial charge >= 0.3 is 0 Å². The van der Waals surface area contributed by atoms with E-state index in [1.54, 1.807) is 12.4 Å². The Balaban J connectivity index is 1.87. The first-order valence-electron chi connectivity index (χ1n) is 7.55. The first-order valence-corrected chi connectivity index (χ1v) is 7.55. The van der Waals surface area contributed by atoms with Crippen molar-refractivity contribution in [2.75, 3.05) is 31.1 Å². The van der Waals surface area contributed by atoms with Crippen molar-refractivity contribution in [3.63, 3.8) is 0 Å². The molecule has 1 aliphatic heterocycles. The molecular formula is C15H26N5O+. The van der Waals surface area contributed by atoms with E-state index in [9.17, 15) is 4.79 Å². The Morgan fingerprint density at radius 2 is 1.86 bits per heavy atom. The second-order valence-corrected chi connectivity index (χ2v) is 6.66. The normalized spacial score (nSPS) is 18.4. The zero-order valence-electron chi connectivity index (χ0n) is 13.4. The number of aromatic nitrogens is 2. The lowest BCUT2D eigenvalue weighted by Crippen LogP contribution is -3.19. The highest BCUT2D eigenvalue weighted by Gasteiger charge is 2.31. The summed E-state index contributed by atoms with van der Waals surface area (Å²) in [7, 11) is 0. The summed E-state index contributed by atoms with van der Waals surface area (Å²) in [4.78, 5) is 24.3. The Bertz CT molecular complexity index is 463. The molecule has 1 aromatic rings. The number of rotatable bonds is 3. The van der Waals surface area contributed by atoms with E-state index >= 15 is 0 Å². The van der Waals surface area contributed by atoms with Crippen LogP contribution in [0.3, 0.4) is 0 Å². The van der Waals surface area contributed by atoms with Crippen LogP contribution in [-0.2, 0) is 4.79 Å². The molecule has 21 heavy (non-hydrogen) atoms. The smallest absolute Gasteiger partial charge is 0.278 e. The number of piperazine rings is 1. The van der Waals surface area contributed by atoms with Crippen LogP contribution >= 0.6 is 0 Å². The highest BCUT2D eigenvalue weighted by atomic mass is 16.2. The van der Waals surface area contributed by atoms with Crippen LogP contribution in [0.2, 0.25) is 0 Å². The van der Waals surface area contributed by atoms with Crippen molar-refractivity contribution in [2.24, 2.45) is 0 Å². The van der Waals surface area contributed by atoms with E-state index in [0.717, 1.165) is 32.1 Å². The number of amides is 1. The maximum atomic E-state index is 12.2. The number of nitrogens with zero attached hydrogens (tertiary/aromatic N) is 3. The minimum atomic E-state index is -0.176. The molecule has 1 saturated heterocycles. The van der Waals surface area contributed by atoms with Crippen molar-refractivity contribution in [3.05, 3.63) is 18.5 Å². The van der Waals surface area contributed by atoms with Crippen molar-refractivity contribution in [3.8, 4) is 0 Å². The molecular weight excluding hydrogens is 266 g/mol. The predicted molar refractivity (Wildman–Crippen MR) is 82.3 cm³/mol. The number of anilines is 1. The highest BCUT2D eigenvalue weighted by molar-refractivity contribution is 5.80. The standard InChI is InChI=1S/C15H25N5O/c1-12(13(21)18-15(2,3)4)19-8-10-20(11-9-19)14-16-6-5-7-17-14/h5-7,12H,8-11H2,1-4H3,(H,18,21)/p+1/t12-/m1/s1. The molecule has 1 aromatic heterocycles. The Morgan fingerprint density at radius 1 is 1.29 bits per heavy atom. The Kier molecular flexibility index (Phi) is 4.77. The van der Waals surface area contributed by atoms with Gasteiger partial charge in [0, 0.05) is 17.9 Å². The number of carbonyl (C=O) groups is 1. The van der Waals surface area contributed by atoms with Gasteiger partial charge in [-0.05, 0) is 33.8 Å². The topological polar surface area (TPSA) is 62.6 Å². The van der Waals surface area contributed by atoms with Gasteiger partial charge in [-0.2, -0.15) is 0 Å². The van der Waals surface area contributed by atoms with Crippen LogP contribution in [0.5, 0.6) is 0 Å². The lowest BCUT2D eigenvalue weighted by molar-refractivity contribution is -0.914. The van der Waals surface area contributed by atoms with Crippen molar-refractivity contribution in [1.29, 1.82) is 0 Å². The van der Waals surface area contributed by atoms with Gasteiger partial charge in [0.1, 0.15) is 0 Å². The van der Waals surface area contributed by atoms with E-state index in [1.165, 1.54) is 4.90 Å². The number of nitrogens with one attached hydrogen (secondary N) is 2. The Labute approximate surface area is 126 Å². The first-order chi connectivity index (χ1) is 9.87. The van der Waals surface area contributed by atoms with Gasteiger partial charge in [-0.3, -0.25) is 4.79 Å². The van der Waals surface area contributed by atoms with Crippen LogP contribution in [0.15, 0.2) is 18.5 Å². The molecule has 1 atom stereocenters. The molecule has 0 unspecified atom stereocenters. The van der Waals surface area contributed by atoms with E-state index in [-0.39, 0.29) is 17.5 Å². The molecule has 0 saturated carbocycles. The second kappa shape index (κ2) is 6.39. The SMILES string of the molecule is C[C@H](C(=O)NC(C)(C)C)[NH+]1CCN(c2ncccn2)CC1. The summed E-state index contributed by atoms with van der Waals surface area (Å²) in [5.74, 6) is 0.908. The third-order valence-electron chi connectivity index (χ3n) is 3.74. The van der Waals surface area contributed by atoms with E-state index in [1.807, 2.05) is 33.8 Å². The summed E-state index contributed by atoms with van der Waals surface area (Å²) in [5, 5.41) is 3.06. The largest absolute Gasteiger partial charge is 0.346 e. The van der Waals surface area contributed by atoms with Gasteiger partial charge in [0.05, 0.1) is 26.2 Å². The van der Waals surface area contributed by atoms with Gasteiger partial charge in [0.15, 0.2) is 6.04 Å². The summed E-state index contributed by atoms with van der Waals surface area (Å²) in [6.45, 7) is 11.7. The fourth-order valence-electron chi connectivity index (χ4n) is 2.54. The second-order valence-electron chi connectivity index (χ2n) is 6.66. The average molecular weight is 292 g/mol. The Hall–Kier alpha value is -1.69. The molecule has 0 bridgehead atoms. The molecule has 1 aliphatic rings. The number of hydrogen-bond acceptors (Lipinski definition) is 4. The van der Waals surface area contributed by atoms with E-state index in [0.29, 0.717) is 0 Å². The maximum absolute atomic E-state index is 12.2. The zero-order valence-corrected chi connectivity index (χ0v) is 13.4. The van der Waals surface area contributed by atoms with Crippen LogP contribution in [0.25, 0.3) is 0 Å². The molecule has 1 amide bonds. The molecule has 2 N–H and O–H groups in total. The Morgan fingerprint density at radius 3 is 2.38 bits per heavy atom. The molecule has 0 aliphatic carbocycles. The van der Waals surface area contributed by atoms with Gasteiger partial charge in [-0.15, -0.1) is 0 Å². The molecule has 0 aromatic carbocycles. The molecule has 6 nitrogen and oxygen atoms in total. The number of hydrogen-bond donors (Lipinski definition) is 2. The van der Waals surface area contributed by atoms with Crippen molar-refractivity contribution >= 4 is 11.9 Å². The maximum Gasteiger partial charge on any atom is 0.278 e. The summed E-state index contributed by atoms with van der Waals surface area (Å²) in [5.41, 5.74) is -0.176. The van der Waals surface area contributed by atoms with Crippen LogP contribution in [-0.4, -0.2) is 53.6 Å². The molecule has 116 valence electrons. The average Bonchev–Trinajstić information content (AvgIpc) is 2.46.